The average molecular weight is 248 g/mol. The van der Waals surface area contributed by atoms with Crippen LogP contribution < -0.4 is 10.1 Å². The van der Waals surface area contributed by atoms with Crippen LogP contribution in [0, 0.1) is 0 Å². The van der Waals surface area contributed by atoms with Crippen molar-refractivity contribution in [3.05, 3.63) is 40.8 Å². The Morgan fingerprint density at radius 2 is 2.18 bits per heavy atom. The van der Waals surface area contributed by atoms with Crippen LogP contribution in [0.2, 0.25) is 0 Å². The first-order valence-electron chi connectivity index (χ1n) is 5.22. The molecule has 5 heteroatoms. The molecule has 1 amide bonds. The molecule has 1 aromatic carbocycles. The van der Waals surface area contributed by atoms with Gasteiger partial charge in [-0.1, -0.05) is 0 Å². The number of ether oxygens (including phenoxy) is 1. The van der Waals surface area contributed by atoms with E-state index in [4.69, 9.17) is 4.74 Å². The third-order valence-electron chi connectivity index (χ3n) is 2.09. The van der Waals surface area contributed by atoms with Gasteiger partial charge < -0.3 is 10.1 Å². The summed E-state index contributed by atoms with van der Waals surface area (Å²) < 4.78 is 5.31. The van der Waals surface area contributed by atoms with Gasteiger partial charge in [0.1, 0.15) is 11.4 Å². The number of nitrogens with zero attached hydrogens (tertiary/aromatic N) is 1. The molecule has 1 N–H and O–H groups in total. The SMILES string of the molecule is CCOc1ccc(NC(=O)c2cscn2)cc1. The Hall–Kier alpha value is -1.88. The van der Waals surface area contributed by atoms with Crippen molar-refractivity contribution in [1.82, 2.24) is 4.98 Å². The molecular formula is C12H12N2O2S. The van der Waals surface area contributed by atoms with Crippen LogP contribution in [0.5, 0.6) is 5.75 Å². The Morgan fingerprint density at radius 1 is 1.41 bits per heavy atom. The highest BCUT2D eigenvalue weighted by atomic mass is 32.1. The zero-order valence-corrected chi connectivity index (χ0v) is 10.2. The molecule has 0 unspecified atom stereocenters. The molecule has 1 aromatic heterocycles. The molecule has 17 heavy (non-hydrogen) atoms. The van der Waals surface area contributed by atoms with Crippen LogP contribution in [-0.2, 0) is 0 Å². The summed E-state index contributed by atoms with van der Waals surface area (Å²) in [7, 11) is 0. The van der Waals surface area contributed by atoms with Gasteiger partial charge in [0.25, 0.3) is 5.91 Å². The minimum Gasteiger partial charge on any atom is -0.494 e. The number of aromatic nitrogens is 1. The smallest absolute Gasteiger partial charge is 0.275 e. The van der Waals surface area contributed by atoms with E-state index in [-0.39, 0.29) is 5.91 Å². The van der Waals surface area contributed by atoms with Gasteiger partial charge in [-0.25, -0.2) is 4.98 Å². The lowest BCUT2D eigenvalue weighted by Crippen LogP contribution is -2.11. The molecule has 88 valence electrons. The highest BCUT2D eigenvalue weighted by molar-refractivity contribution is 7.07. The predicted octanol–water partition coefficient (Wildman–Crippen LogP) is 2.79. The van der Waals surface area contributed by atoms with Gasteiger partial charge in [-0.2, -0.15) is 0 Å². The number of thiazole rings is 1. The predicted molar refractivity (Wildman–Crippen MR) is 67.7 cm³/mol. The summed E-state index contributed by atoms with van der Waals surface area (Å²) in [5.74, 6) is 0.592. The van der Waals surface area contributed by atoms with Crippen molar-refractivity contribution in [2.24, 2.45) is 0 Å². The van der Waals surface area contributed by atoms with E-state index in [0.29, 0.717) is 12.3 Å². The summed E-state index contributed by atoms with van der Waals surface area (Å²) in [4.78, 5) is 15.6. The maximum absolute atomic E-state index is 11.7. The fraction of sp³-hybridized carbons (Fsp3) is 0.167. The van der Waals surface area contributed by atoms with E-state index in [1.54, 1.807) is 23.0 Å². The quantitative estimate of drug-likeness (QED) is 0.905. The van der Waals surface area contributed by atoms with Gasteiger partial charge in [0.05, 0.1) is 12.1 Å². The highest BCUT2D eigenvalue weighted by Gasteiger charge is 2.07. The van der Waals surface area contributed by atoms with Crippen molar-refractivity contribution in [2.75, 3.05) is 11.9 Å². The lowest BCUT2D eigenvalue weighted by Gasteiger charge is -2.05. The summed E-state index contributed by atoms with van der Waals surface area (Å²) in [5.41, 5.74) is 2.79. The zero-order valence-electron chi connectivity index (χ0n) is 9.34. The van der Waals surface area contributed by atoms with Crippen LogP contribution >= 0.6 is 11.3 Å². The van der Waals surface area contributed by atoms with Crippen molar-refractivity contribution in [2.45, 2.75) is 6.92 Å². The molecule has 0 aliphatic heterocycles. The second-order valence-electron chi connectivity index (χ2n) is 3.29. The van der Waals surface area contributed by atoms with Gasteiger partial charge in [-0.05, 0) is 31.2 Å². The van der Waals surface area contributed by atoms with Crippen LogP contribution in [0.25, 0.3) is 0 Å². The molecule has 4 nitrogen and oxygen atoms in total. The molecule has 0 saturated carbocycles. The molecule has 0 spiro atoms. The monoisotopic (exact) mass is 248 g/mol. The summed E-state index contributed by atoms with van der Waals surface area (Å²) in [6.07, 6.45) is 0. The lowest BCUT2D eigenvalue weighted by molar-refractivity contribution is 0.102. The van der Waals surface area contributed by atoms with E-state index in [9.17, 15) is 4.79 Å². The van der Waals surface area contributed by atoms with E-state index in [2.05, 4.69) is 10.3 Å². The van der Waals surface area contributed by atoms with Gasteiger partial charge in [0.15, 0.2) is 0 Å². The fourth-order valence-corrected chi connectivity index (χ4v) is 1.85. The third-order valence-corrected chi connectivity index (χ3v) is 2.67. The maximum atomic E-state index is 11.7. The normalized spacial score (nSPS) is 9.94. The number of rotatable bonds is 4. The van der Waals surface area contributed by atoms with Gasteiger partial charge in [-0.15, -0.1) is 11.3 Å². The average Bonchev–Trinajstić information content (AvgIpc) is 2.86. The fourth-order valence-electron chi connectivity index (χ4n) is 1.32. The standard InChI is InChI=1S/C12H12N2O2S/c1-2-16-10-5-3-9(4-6-10)14-12(15)11-7-17-8-13-11/h3-8H,2H2,1H3,(H,14,15). The number of hydrogen-bond donors (Lipinski definition) is 1. The maximum Gasteiger partial charge on any atom is 0.275 e. The molecule has 0 atom stereocenters. The molecule has 0 fully saturated rings. The zero-order chi connectivity index (χ0) is 12.1. The Bertz CT molecular complexity index is 480. The van der Waals surface area contributed by atoms with Crippen molar-refractivity contribution >= 4 is 22.9 Å². The van der Waals surface area contributed by atoms with Gasteiger partial charge in [-0.3, -0.25) is 4.79 Å². The second-order valence-corrected chi connectivity index (χ2v) is 4.00. The number of anilines is 1. The van der Waals surface area contributed by atoms with E-state index < -0.39 is 0 Å². The van der Waals surface area contributed by atoms with Gasteiger partial charge in [0.2, 0.25) is 0 Å². The highest BCUT2D eigenvalue weighted by Crippen LogP contribution is 2.16. The van der Waals surface area contributed by atoms with E-state index in [1.807, 2.05) is 19.1 Å². The molecule has 0 aliphatic rings. The number of nitrogens with one attached hydrogen (secondary N) is 1. The topological polar surface area (TPSA) is 51.2 Å². The molecular weight excluding hydrogens is 236 g/mol. The summed E-state index contributed by atoms with van der Waals surface area (Å²) >= 11 is 1.40. The number of amides is 1. The van der Waals surface area contributed by atoms with Crippen molar-refractivity contribution in [1.29, 1.82) is 0 Å². The molecule has 0 radical (unpaired) electrons. The molecule has 2 rings (SSSR count). The Labute approximate surface area is 103 Å². The van der Waals surface area contributed by atoms with E-state index in [1.165, 1.54) is 11.3 Å². The van der Waals surface area contributed by atoms with Crippen LogP contribution in [0.4, 0.5) is 5.69 Å². The molecule has 0 aliphatic carbocycles. The minimum absolute atomic E-state index is 0.199. The number of carbonyl (C=O) groups excluding carboxylic acids is 1. The first-order chi connectivity index (χ1) is 8.29. The number of carbonyl (C=O) groups is 1. The second kappa shape index (κ2) is 5.45. The van der Waals surface area contributed by atoms with Crippen LogP contribution in [0.1, 0.15) is 17.4 Å². The summed E-state index contributed by atoms with van der Waals surface area (Å²) in [6.45, 7) is 2.56. The van der Waals surface area contributed by atoms with E-state index >= 15 is 0 Å². The number of benzene rings is 1. The molecule has 0 bridgehead atoms. The minimum atomic E-state index is -0.199. The van der Waals surface area contributed by atoms with Gasteiger partial charge >= 0.3 is 0 Å². The van der Waals surface area contributed by atoms with Crippen LogP contribution in [0.3, 0.4) is 0 Å². The summed E-state index contributed by atoms with van der Waals surface area (Å²) in [5, 5.41) is 4.48. The lowest BCUT2D eigenvalue weighted by atomic mass is 10.3. The first kappa shape index (κ1) is 11.6. The van der Waals surface area contributed by atoms with Crippen molar-refractivity contribution in [3.63, 3.8) is 0 Å². The molecule has 0 saturated heterocycles. The third kappa shape index (κ3) is 3.04. The van der Waals surface area contributed by atoms with Crippen LogP contribution in [0.15, 0.2) is 35.2 Å². The molecule has 2 aromatic rings. The first-order valence-corrected chi connectivity index (χ1v) is 6.16. The largest absolute Gasteiger partial charge is 0.494 e. The van der Waals surface area contributed by atoms with Crippen LogP contribution in [-0.4, -0.2) is 17.5 Å². The van der Waals surface area contributed by atoms with Gasteiger partial charge in [0, 0.05) is 11.1 Å². The molecule has 1 heterocycles. The van der Waals surface area contributed by atoms with Crippen molar-refractivity contribution < 1.29 is 9.53 Å². The Morgan fingerprint density at radius 3 is 2.76 bits per heavy atom. The Kier molecular flexibility index (Phi) is 3.72. The van der Waals surface area contributed by atoms with Crippen molar-refractivity contribution in [3.8, 4) is 5.75 Å². The Balaban J connectivity index is 2.01. The summed E-state index contributed by atoms with van der Waals surface area (Å²) in [6, 6.07) is 7.24. The van der Waals surface area contributed by atoms with E-state index in [0.717, 1.165) is 11.4 Å². The number of hydrogen-bond acceptors (Lipinski definition) is 4.